The van der Waals surface area contributed by atoms with Gasteiger partial charge in [0.1, 0.15) is 0 Å². The molecule has 2 N–H and O–H groups in total. The van der Waals surface area contributed by atoms with Gasteiger partial charge in [0.25, 0.3) is 0 Å². The predicted molar refractivity (Wildman–Crippen MR) is 60.3 cm³/mol. The van der Waals surface area contributed by atoms with Gasteiger partial charge in [-0.05, 0) is 45.6 Å². The highest BCUT2D eigenvalue weighted by Gasteiger charge is 2.14. The number of aliphatic hydroxyl groups is 1. The molecule has 1 fully saturated rings. The lowest BCUT2D eigenvalue weighted by Gasteiger charge is -2.24. The minimum atomic E-state index is -0.177. The van der Waals surface area contributed by atoms with Gasteiger partial charge in [-0.25, -0.2) is 0 Å². The van der Waals surface area contributed by atoms with Crippen LogP contribution in [0.5, 0.6) is 0 Å². The predicted octanol–water partition coefficient (Wildman–Crippen LogP) is 2.32. The van der Waals surface area contributed by atoms with E-state index in [-0.39, 0.29) is 6.10 Å². The maximum atomic E-state index is 9.22. The molecular weight excluding hydrogens is 174 g/mol. The number of aliphatic hydroxyl groups excluding tert-OH is 1. The lowest BCUT2D eigenvalue weighted by Crippen LogP contribution is -2.34. The van der Waals surface area contributed by atoms with Crippen molar-refractivity contribution in [2.75, 3.05) is 6.54 Å². The van der Waals surface area contributed by atoms with Crippen LogP contribution in [0.3, 0.4) is 0 Å². The molecule has 0 aromatic heterocycles. The van der Waals surface area contributed by atoms with Gasteiger partial charge in [0.15, 0.2) is 0 Å². The van der Waals surface area contributed by atoms with Gasteiger partial charge in [-0.15, -0.1) is 0 Å². The molecule has 2 nitrogen and oxygen atoms in total. The number of hydrogen-bond acceptors (Lipinski definition) is 2. The van der Waals surface area contributed by atoms with Crippen molar-refractivity contribution < 1.29 is 5.11 Å². The van der Waals surface area contributed by atoms with Crippen molar-refractivity contribution in [3.63, 3.8) is 0 Å². The fourth-order valence-electron chi connectivity index (χ4n) is 2.35. The van der Waals surface area contributed by atoms with Crippen molar-refractivity contribution in [2.24, 2.45) is 5.92 Å². The molecule has 1 aliphatic rings. The summed E-state index contributed by atoms with van der Waals surface area (Å²) in [7, 11) is 0. The zero-order chi connectivity index (χ0) is 10.4. The maximum absolute atomic E-state index is 9.22. The van der Waals surface area contributed by atoms with Gasteiger partial charge in [-0.2, -0.15) is 0 Å². The molecule has 14 heavy (non-hydrogen) atoms. The quantitative estimate of drug-likeness (QED) is 0.712. The van der Waals surface area contributed by atoms with Gasteiger partial charge >= 0.3 is 0 Å². The lowest BCUT2D eigenvalue weighted by molar-refractivity contribution is 0.168. The Bertz CT molecular complexity index is 141. The molecule has 1 aliphatic carbocycles. The second-order valence-electron chi connectivity index (χ2n) is 4.90. The molecule has 84 valence electrons. The molecule has 0 aromatic rings. The molecule has 0 saturated heterocycles. The van der Waals surface area contributed by atoms with E-state index < -0.39 is 0 Å². The normalized spacial score (nSPS) is 23.4. The summed E-state index contributed by atoms with van der Waals surface area (Å²) >= 11 is 0. The maximum Gasteiger partial charge on any atom is 0.0526 e. The van der Waals surface area contributed by atoms with Gasteiger partial charge in [-0.1, -0.05) is 19.3 Å². The van der Waals surface area contributed by atoms with Crippen LogP contribution in [0.1, 0.15) is 52.4 Å². The second-order valence-corrected chi connectivity index (χ2v) is 4.90. The van der Waals surface area contributed by atoms with Crippen LogP contribution in [0.25, 0.3) is 0 Å². The molecule has 0 heterocycles. The topological polar surface area (TPSA) is 32.3 Å². The van der Waals surface area contributed by atoms with Gasteiger partial charge in [-0.3, -0.25) is 0 Å². The standard InChI is InChI=1S/C12H25NO/c1-10(8-11(2)14)13-9-12-6-4-3-5-7-12/h10-14H,3-9H2,1-2H3. The van der Waals surface area contributed by atoms with Crippen LogP contribution < -0.4 is 5.32 Å². The first kappa shape index (κ1) is 12.0. The number of rotatable bonds is 5. The van der Waals surface area contributed by atoms with Crippen LogP contribution in [0, 0.1) is 5.92 Å². The van der Waals surface area contributed by atoms with Crippen molar-refractivity contribution in [1.29, 1.82) is 0 Å². The Morgan fingerprint density at radius 2 is 1.86 bits per heavy atom. The third-order valence-corrected chi connectivity index (χ3v) is 3.17. The van der Waals surface area contributed by atoms with E-state index in [2.05, 4.69) is 12.2 Å². The summed E-state index contributed by atoms with van der Waals surface area (Å²) in [5.74, 6) is 0.889. The van der Waals surface area contributed by atoms with Gasteiger partial charge in [0, 0.05) is 6.04 Å². The van der Waals surface area contributed by atoms with Gasteiger partial charge < -0.3 is 10.4 Å². The van der Waals surface area contributed by atoms with Crippen molar-refractivity contribution in [3.05, 3.63) is 0 Å². The Labute approximate surface area is 88.1 Å². The van der Waals surface area contributed by atoms with E-state index in [9.17, 15) is 5.11 Å². The molecule has 2 heteroatoms. The molecule has 0 aliphatic heterocycles. The lowest BCUT2D eigenvalue weighted by atomic mass is 9.89. The highest BCUT2D eigenvalue weighted by Crippen LogP contribution is 2.22. The van der Waals surface area contributed by atoms with Gasteiger partial charge in [0.05, 0.1) is 6.10 Å². The summed E-state index contributed by atoms with van der Waals surface area (Å²) in [6.45, 7) is 5.17. The van der Waals surface area contributed by atoms with Crippen molar-refractivity contribution in [1.82, 2.24) is 5.32 Å². The summed E-state index contributed by atoms with van der Waals surface area (Å²) in [6, 6.07) is 0.455. The van der Waals surface area contributed by atoms with E-state index in [1.165, 1.54) is 32.1 Å². The summed E-state index contributed by atoms with van der Waals surface area (Å²) in [4.78, 5) is 0. The first-order chi connectivity index (χ1) is 6.68. The number of hydrogen-bond donors (Lipinski definition) is 2. The highest BCUT2D eigenvalue weighted by molar-refractivity contribution is 4.71. The van der Waals surface area contributed by atoms with Gasteiger partial charge in [0.2, 0.25) is 0 Å². The monoisotopic (exact) mass is 199 g/mol. The van der Waals surface area contributed by atoms with E-state index in [1.54, 1.807) is 0 Å². The van der Waals surface area contributed by atoms with Crippen molar-refractivity contribution in [3.8, 4) is 0 Å². The van der Waals surface area contributed by atoms with E-state index in [1.807, 2.05) is 6.92 Å². The van der Waals surface area contributed by atoms with E-state index in [4.69, 9.17) is 0 Å². The Kier molecular flexibility index (Phi) is 5.49. The minimum absolute atomic E-state index is 0.177. The summed E-state index contributed by atoms with van der Waals surface area (Å²) in [5, 5.41) is 12.7. The first-order valence-corrected chi connectivity index (χ1v) is 6.10. The van der Waals surface area contributed by atoms with Crippen LogP contribution in [0.2, 0.25) is 0 Å². The summed E-state index contributed by atoms with van der Waals surface area (Å²) in [5.41, 5.74) is 0. The molecule has 0 bridgehead atoms. The minimum Gasteiger partial charge on any atom is -0.393 e. The summed E-state index contributed by atoms with van der Waals surface area (Å²) in [6.07, 6.45) is 7.74. The fourth-order valence-corrected chi connectivity index (χ4v) is 2.35. The smallest absolute Gasteiger partial charge is 0.0526 e. The fraction of sp³-hybridized carbons (Fsp3) is 1.00. The Morgan fingerprint density at radius 1 is 1.21 bits per heavy atom. The Balaban J connectivity index is 2.06. The Morgan fingerprint density at radius 3 is 2.43 bits per heavy atom. The van der Waals surface area contributed by atoms with Crippen LogP contribution >= 0.6 is 0 Å². The second kappa shape index (κ2) is 6.41. The molecule has 1 rings (SSSR count). The van der Waals surface area contributed by atoms with E-state index >= 15 is 0 Å². The third kappa shape index (κ3) is 4.97. The molecule has 1 saturated carbocycles. The Hall–Kier alpha value is -0.0800. The van der Waals surface area contributed by atoms with Crippen LogP contribution in [0.15, 0.2) is 0 Å². The zero-order valence-electron chi connectivity index (χ0n) is 9.63. The van der Waals surface area contributed by atoms with Crippen LogP contribution in [-0.2, 0) is 0 Å². The van der Waals surface area contributed by atoms with E-state index in [0.29, 0.717) is 6.04 Å². The molecule has 0 aromatic carbocycles. The SMILES string of the molecule is CC(O)CC(C)NCC1CCCCC1. The number of nitrogens with one attached hydrogen (secondary N) is 1. The van der Waals surface area contributed by atoms with Crippen molar-refractivity contribution in [2.45, 2.75) is 64.5 Å². The largest absolute Gasteiger partial charge is 0.393 e. The molecule has 0 spiro atoms. The van der Waals surface area contributed by atoms with Crippen LogP contribution in [-0.4, -0.2) is 23.8 Å². The molecule has 2 unspecified atom stereocenters. The average Bonchev–Trinajstić information content (AvgIpc) is 2.15. The average molecular weight is 199 g/mol. The van der Waals surface area contributed by atoms with E-state index in [0.717, 1.165) is 18.9 Å². The molecular formula is C12H25NO. The zero-order valence-corrected chi connectivity index (χ0v) is 9.63. The summed E-state index contributed by atoms with van der Waals surface area (Å²) < 4.78 is 0. The molecule has 0 radical (unpaired) electrons. The first-order valence-electron chi connectivity index (χ1n) is 6.10. The highest BCUT2D eigenvalue weighted by atomic mass is 16.3. The van der Waals surface area contributed by atoms with Crippen molar-refractivity contribution >= 4 is 0 Å². The third-order valence-electron chi connectivity index (χ3n) is 3.17. The molecule has 0 amide bonds. The molecule has 2 atom stereocenters. The van der Waals surface area contributed by atoms with Crippen LogP contribution in [0.4, 0.5) is 0 Å².